The molecule has 6 heteroatoms. The quantitative estimate of drug-likeness (QED) is 0.452. The number of piperazine rings is 1. The van der Waals surface area contributed by atoms with Crippen LogP contribution in [0.15, 0.2) is 0 Å². The Kier molecular flexibility index (Phi) is 4.40. The summed E-state index contributed by atoms with van der Waals surface area (Å²) in [5.74, 6) is -0.522. The maximum atomic E-state index is 11.6. The Labute approximate surface area is 95.1 Å². The lowest BCUT2D eigenvalue weighted by Gasteiger charge is -2.39. The van der Waals surface area contributed by atoms with Crippen molar-refractivity contribution in [2.45, 2.75) is 19.4 Å². The van der Waals surface area contributed by atoms with Crippen molar-refractivity contribution in [3.05, 3.63) is 0 Å². The van der Waals surface area contributed by atoms with Gasteiger partial charge in [-0.2, -0.15) is 0 Å². The van der Waals surface area contributed by atoms with Gasteiger partial charge in [0, 0.05) is 13.1 Å². The molecule has 1 heterocycles. The summed E-state index contributed by atoms with van der Waals surface area (Å²) in [6, 6.07) is 0. The second-order valence-corrected chi connectivity index (χ2v) is 4.26. The number of hydrogen-bond acceptors (Lipinski definition) is 5. The molecule has 6 nitrogen and oxygen atoms in total. The maximum Gasteiger partial charge on any atom is 0.246 e. The van der Waals surface area contributed by atoms with Crippen LogP contribution in [0.25, 0.3) is 0 Å². The molecule has 0 atom stereocenters. The Hall–Kier alpha value is -0.980. The molecule has 2 amide bonds. The Bertz CT molecular complexity index is 278. The summed E-state index contributed by atoms with van der Waals surface area (Å²) in [6.45, 7) is 5.80. The number of ether oxygens (including phenoxy) is 1. The number of imide groups is 1. The van der Waals surface area contributed by atoms with Gasteiger partial charge >= 0.3 is 0 Å². The minimum Gasteiger partial charge on any atom is -0.379 e. The standard InChI is InChI=1S/C10H19N3O3/c1-10(2)9(15)12-8(14)7-13(10)4-6-16-5-3-11/h3-7,11H2,1-2H3,(H,12,14,15). The first kappa shape index (κ1) is 13.1. The lowest BCUT2D eigenvalue weighted by molar-refractivity contribution is -0.145. The van der Waals surface area contributed by atoms with Gasteiger partial charge in [0.1, 0.15) is 0 Å². The van der Waals surface area contributed by atoms with Crippen LogP contribution < -0.4 is 11.1 Å². The summed E-state index contributed by atoms with van der Waals surface area (Å²) in [4.78, 5) is 24.6. The molecule has 0 bridgehead atoms. The van der Waals surface area contributed by atoms with Gasteiger partial charge in [-0.25, -0.2) is 0 Å². The molecule has 1 fully saturated rings. The predicted octanol–water partition coefficient (Wildman–Crippen LogP) is -1.30. The van der Waals surface area contributed by atoms with Gasteiger partial charge in [-0.05, 0) is 13.8 Å². The zero-order valence-electron chi connectivity index (χ0n) is 9.78. The van der Waals surface area contributed by atoms with Gasteiger partial charge in [0.2, 0.25) is 11.8 Å². The van der Waals surface area contributed by atoms with Gasteiger partial charge in [-0.15, -0.1) is 0 Å². The molecule has 0 aromatic heterocycles. The van der Waals surface area contributed by atoms with Crippen LogP contribution in [-0.2, 0) is 14.3 Å². The van der Waals surface area contributed by atoms with Gasteiger partial charge in [0.25, 0.3) is 0 Å². The highest BCUT2D eigenvalue weighted by Gasteiger charge is 2.40. The average molecular weight is 229 g/mol. The van der Waals surface area contributed by atoms with Crippen molar-refractivity contribution in [2.75, 3.05) is 32.8 Å². The molecule has 0 aliphatic carbocycles. The number of nitrogens with two attached hydrogens (primary N) is 1. The third kappa shape index (κ3) is 3.01. The van der Waals surface area contributed by atoms with E-state index in [9.17, 15) is 9.59 Å². The van der Waals surface area contributed by atoms with Crippen LogP contribution >= 0.6 is 0 Å². The van der Waals surface area contributed by atoms with Crippen LogP contribution in [0.3, 0.4) is 0 Å². The van der Waals surface area contributed by atoms with E-state index < -0.39 is 5.54 Å². The lowest BCUT2D eigenvalue weighted by Crippen LogP contribution is -2.64. The highest BCUT2D eigenvalue weighted by atomic mass is 16.5. The average Bonchev–Trinajstić information content (AvgIpc) is 2.20. The molecule has 3 N–H and O–H groups in total. The second kappa shape index (κ2) is 5.38. The highest BCUT2D eigenvalue weighted by molar-refractivity contribution is 6.02. The highest BCUT2D eigenvalue weighted by Crippen LogP contribution is 2.17. The first-order valence-electron chi connectivity index (χ1n) is 5.35. The molecular weight excluding hydrogens is 210 g/mol. The minimum absolute atomic E-state index is 0.227. The Morgan fingerprint density at radius 2 is 2.12 bits per heavy atom. The van der Waals surface area contributed by atoms with E-state index in [0.717, 1.165) is 0 Å². The third-order valence-corrected chi connectivity index (χ3v) is 2.70. The molecule has 0 spiro atoms. The molecule has 1 aliphatic heterocycles. The van der Waals surface area contributed by atoms with Crippen LogP contribution in [0, 0.1) is 0 Å². The first-order valence-corrected chi connectivity index (χ1v) is 5.35. The van der Waals surface area contributed by atoms with Crippen molar-refractivity contribution < 1.29 is 14.3 Å². The number of carbonyl (C=O) groups is 2. The van der Waals surface area contributed by atoms with Crippen molar-refractivity contribution in [3.63, 3.8) is 0 Å². The van der Waals surface area contributed by atoms with Crippen molar-refractivity contribution in [1.82, 2.24) is 10.2 Å². The van der Waals surface area contributed by atoms with E-state index in [1.807, 2.05) is 4.90 Å². The number of nitrogens with one attached hydrogen (secondary N) is 1. The normalized spacial score (nSPS) is 20.9. The Morgan fingerprint density at radius 3 is 2.75 bits per heavy atom. The van der Waals surface area contributed by atoms with Crippen LogP contribution in [0.1, 0.15) is 13.8 Å². The smallest absolute Gasteiger partial charge is 0.246 e. The Morgan fingerprint density at radius 1 is 1.44 bits per heavy atom. The largest absolute Gasteiger partial charge is 0.379 e. The van der Waals surface area contributed by atoms with E-state index in [-0.39, 0.29) is 18.4 Å². The van der Waals surface area contributed by atoms with E-state index in [1.54, 1.807) is 13.8 Å². The molecule has 0 unspecified atom stereocenters. The molecule has 0 radical (unpaired) electrons. The molecule has 1 rings (SSSR count). The fourth-order valence-electron chi connectivity index (χ4n) is 1.55. The van der Waals surface area contributed by atoms with Gasteiger partial charge < -0.3 is 10.5 Å². The van der Waals surface area contributed by atoms with Crippen molar-refractivity contribution >= 4 is 11.8 Å². The van der Waals surface area contributed by atoms with Gasteiger partial charge in [-0.3, -0.25) is 19.8 Å². The van der Waals surface area contributed by atoms with Crippen molar-refractivity contribution in [2.24, 2.45) is 5.73 Å². The van der Waals surface area contributed by atoms with Gasteiger partial charge in [0.15, 0.2) is 0 Å². The van der Waals surface area contributed by atoms with Crippen LogP contribution in [-0.4, -0.2) is 55.1 Å². The van der Waals surface area contributed by atoms with Gasteiger partial charge in [0.05, 0.1) is 25.3 Å². The number of hydrogen-bond donors (Lipinski definition) is 2. The van der Waals surface area contributed by atoms with E-state index >= 15 is 0 Å². The molecule has 0 aromatic carbocycles. The van der Waals surface area contributed by atoms with E-state index in [1.165, 1.54) is 0 Å². The molecule has 0 saturated carbocycles. The van der Waals surface area contributed by atoms with E-state index in [4.69, 9.17) is 10.5 Å². The number of nitrogens with zero attached hydrogens (tertiary/aromatic N) is 1. The van der Waals surface area contributed by atoms with Gasteiger partial charge in [-0.1, -0.05) is 0 Å². The zero-order chi connectivity index (χ0) is 12.2. The molecule has 0 aromatic rings. The van der Waals surface area contributed by atoms with Crippen LogP contribution in [0.5, 0.6) is 0 Å². The van der Waals surface area contributed by atoms with Crippen molar-refractivity contribution in [1.29, 1.82) is 0 Å². The first-order chi connectivity index (χ1) is 7.48. The van der Waals surface area contributed by atoms with E-state index in [0.29, 0.717) is 26.3 Å². The van der Waals surface area contributed by atoms with Crippen LogP contribution in [0.2, 0.25) is 0 Å². The topological polar surface area (TPSA) is 84.7 Å². The van der Waals surface area contributed by atoms with E-state index in [2.05, 4.69) is 5.32 Å². The molecule has 1 aliphatic rings. The van der Waals surface area contributed by atoms with Crippen molar-refractivity contribution in [3.8, 4) is 0 Å². The third-order valence-electron chi connectivity index (χ3n) is 2.70. The number of carbonyl (C=O) groups excluding carboxylic acids is 2. The number of amides is 2. The summed E-state index contributed by atoms with van der Waals surface area (Å²) in [7, 11) is 0. The summed E-state index contributed by atoms with van der Waals surface area (Å²) >= 11 is 0. The predicted molar refractivity (Wildman–Crippen MR) is 58.7 cm³/mol. The monoisotopic (exact) mass is 229 g/mol. The summed E-state index contributed by atoms with van der Waals surface area (Å²) < 4.78 is 5.24. The SMILES string of the molecule is CC1(C)C(=O)NC(=O)CN1CCOCCN. The van der Waals surface area contributed by atoms with Crippen LogP contribution in [0.4, 0.5) is 0 Å². The fraction of sp³-hybridized carbons (Fsp3) is 0.800. The lowest BCUT2D eigenvalue weighted by atomic mass is 9.99. The fourth-order valence-corrected chi connectivity index (χ4v) is 1.55. The minimum atomic E-state index is -0.667. The Balaban J connectivity index is 2.49. The summed E-state index contributed by atoms with van der Waals surface area (Å²) in [5.41, 5.74) is 4.62. The molecule has 1 saturated heterocycles. The second-order valence-electron chi connectivity index (χ2n) is 4.26. The number of rotatable bonds is 5. The maximum absolute atomic E-state index is 11.6. The molecule has 16 heavy (non-hydrogen) atoms. The molecular formula is C10H19N3O3. The summed E-state index contributed by atoms with van der Waals surface area (Å²) in [5, 5.41) is 2.32. The summed E-state index contributed by atoms with van der Waals surface area (Å²) in [6.07, 6.45) is 0. The molecule has 92 valence electrons. The zero-order valence-corrected chi connectivity index (χ0v) is 9.78.